The molecule has 0 unspecified atom stereocenters. The van der Waals surface area contributed by atoms with E-state index in [1.807, 2.05) is 0 Å². The van der Waals surface area contributed by atoms with Crippen LogP contribution in [-0.2, 0) is 6.42 Å². The van der Waals surface area contributed by atoms with Gasteiger partial charge in [0, 0.05) is 0 Å². The SMILES string of the molecule is Cc1cc(C)cc(CCNCC(C)C)c1. The fourth-order valence-electron chi connectivity index (χ4n) is 1.84. The lowest BCUT2D eigenvalue weighted by atomic mass is 10.1. The van der Waals surface area contributed by atoms with E-state index in [1.165, 1.54) is 16.7 Å². The van der Waals surface area contributed by atoms with Gasteiger partial charge in [0.25, 0.3) is 0 Å². The standard InChI is InChI=1S/C14H23N/c1-11(2)10-15-6-5-14-8-12(3)7-13(4)9-14/h7-9,11,15H,5-6,10H2,1-4H3. The second-order valence-electron chi connectivity index (χ2n) is 4.84. The molecule has 0 amide bonds. The molecule has 0 aromatic heterocycles. The summed E-state index contributed by atoms with van der Waals surface area (Å²) in [5, 5.41) is 3.47. The second-order valence-corrected chi connectivity index (χ2v) is 4.84. The molecular weight excluding hydrogens is 182 g/mol. The van der Waals surface area contributed by atoms with Crippen LogP contribution >= 0.6 is 0 Å². The maximum Gasteiger partial charge on any atom is -0.000824 e. The van der Waals surface area contributed by atoms with Crippen LogP contribution < -0.4 is 5.32 Å². The van der Waals surface area contributed by atoms with E-state index in [0.717, 1.165) is 25.4 Å². The van der Waals surface area contributed by atoms with Gasteiger partial charge >= 0.3 is 0 Å². The van der Waals surface area contributed by atoms with E-state index >= 15 is 0 Å². The van der Waals surface area contributed by atoms with E-state index in [9.17, 15) is 0 Å². The van der Waals surface area contributed by atoms with Crippen molar-refractivity contribution >= 4 is 0 Å². The third kappa shape index (κ3) is 4.98. The van der Waals surface area contributed by atoms with Crippen LogP contribution in [0.2, 0.25) is 0 Å². The molecule has 0 aliphatic carbocycles. The first-order valence-corrected chi connectivity index (χ1v) is 5.86. The fourth-order valence-corrected chi connectivity index (χ4v) is 1.84. The molecule has 0 aliphatic rings. The zero-order valence-corrected chi connectivity index (χ0v) is 10.4. The Kier molecular flexibility index (Phi) is 4.83. The third-order valence-corrected chi connectivity index (χ3v) is 2.42. The second kappa shape index (κ2) is 5.92. The zero-order chi connectivity index (χ0) is 11.3. The Labute approximate surface area is 93.9 Å². The summed E-state index contributed by atoms with van der Waals surface area (Å²) in [6, 6.07) is 6.79. The van der Waals surface area contributed by atoms with Gasteiger partial charge in [-0.3, -0.25) is 0 Å². The number of nitrogens with one attached hydrogen (secondary N) is 1. The molecule has 0 radical (unpaired) electrons. The lowest BCUT2D eigenvalue weighted by Crippen LogP contribution is -2.22. The Balaban J connectivity index is 2.37. The summed E-state index contributed by atoms with van der Waals surface area (Å²) in [6.45, 7) is 11.0. The largest absolute Gasteiger partial charge is 0.316 e. The molecule has 0 saturated heterocycles. The molecule has 84 valence electrons. The molecule has 0 fully saturated rings. The summed E-state index contributed by atoms with van der Waals surface area (Å²) in [6.07, 6.45) is 1.13. The van der Waals surface area contributed by atoms with Gasteiger partial charge < -0.3 is 5.32 Å². The summed E-state index contributed by atoms with van der Waals surface area (Å²) in [5.41, 5.74) is 4.19. The number of aryl methyl sites for hydroxylation is 2. The van der Waals surface area contributed by atoms with E-state index < -0.39 is 0 Å². The summed E-state index contributed by atoms with van der Waals surface area (Å²) in [7, 11) is 0. The van der Waals surface area contributed by atoms with E-state index in [0.29, 0.717) is 0 Å². The average Bonchev–Trinajstić information content (AvgIpc) is 2.10. The van der Waals surface area contributed by atoms with Crippen molar-refractivity contribution in [2.45, 2.75) is 34.1 Å². The molecule has 0 heterocycles. The van der Waals surface area contributed by atoms with Crippen molar-refractivity contribution in [1.29, 1.82) is 0 Å². The molecule has 0 aliphatic heterocycles. The summed E-state index contributed by atoms with van der Waals surface area (Å²) >= 11 is 0. The Morgan fingerprint density at radius 3 is 2.20 bits per heavy atom. The first-order valence-electron chi connectivity index (χ1n) is 5.86. The summed E-state index contributed by atoms with van der Waals surface area (Å²) in [4.78, 5) is 0. The zero-order valence-electron chi connectivity index (χ0n) is 10.4. The Bertz CT molecular complexity index is 282. The first-order chi connectivity index (χ1) is 7.08. The van der Waals surface area contributed by atoms with Crippen molar-refractivity contribution in [3.63, 3.8) is 0 Å². The lowest BCUT2D eigenvalue weighted by molar-refractivity contribution is 0.554. The molecule has 1 nitrogen and oxygen atoms in total. The molecule has 1 aromatic rings. The van der Waals surface area contributed by atoms with Crippen molar-refractivity contribution in [3.8, 4) is 0 Å². The molecule has 1 N–H and O–H groups in total. The van der Waals surface area contributed by atoms with E-state index in [1.54, 1.807) is 0 Å². The van der Waals surface area contributed by atoms with Gasteiger partial charge in [0.1, 0.15) is 0 Å². The minimum absolute atomic E-state index is 0.740. The molecule has 0 saturated carbocycles. The molecule has 0 bridgehead atoms. The number of rotatable bonds is 5. The smallest absolute Gasteiger partial charge is 0.000824 e. The van der Waals surface area contributed by atoms with Gasteiger partial charge in [0.05, 0.1) is 0 Å². The van der Waals surface area contributed by atoms with Crippen molar-refractivity contribution in [1.82, 2.24) is 5.32 Å². The molecular formula is C14H23N. The quantitative estimate of drug-likeness (QED) is 0.728. The highest BCUT2D eigenvalue weighted by Crippen LogP contribution is 2.08. The Hall–Kier alpha value is -0.820. The maximum absolute atomic E-state index is 3.47. The predicted octanol–water partition coefficient (Wildman–Crippen LogP) is 3.09. The highest BCUT2D eigenvalue weighted by Gasteiger charge is 1.97. The number of hydrogen-bond acceptors (Lipinski definition) is 1. The van der Waals surface area contributed by atoms with Crippen LogP contribution in [-0.4, -0.2) is 13.1 Å². The summed E-state index contributed by atoms with van der Waals surface area (Å²) < 4.78 is 0. The highest BCUT2D eigenvalue weighted by molar-refractivity contribution is 5.28. The lowest BCUT2D eigenvalue weighted by Gasteiger charge is -2.08. The normalized spacial score (nSPS) is 11.0. The molecule has 0 atom stereocenters. The van der Waals surface area contributed by atoms with Gasteiger partial charge in [-0.15, -0.1) is 0 Å². The monoisotopic (exact) mass is 205 g/mol. The number of benzene rings is 1. The van der Waals surface area contributed by atoms with Crippen LogP contribution in [0.3, 0.4) is 0 Å². The predicted molar refractivity (Wildman–Crippen MR) is 67.3 cm³/mol. The van der Waals surface area contributed by atoms with Crippen LogP contribution in [0.15, 0.2) is 18.2 Å². The van der Waals surface area contributed by atoms with E-state index in [2.05, 4.69) is 51.2 Å². The van der Waals surface area contributed by atoms with Gasteiger partial charge in [-0.25, -0.2) is 0 Å². The molecule has 1 heteroatoms. The van der Waals surface area contributed by atoms with Crippen molar-refractivity contribution < 1.29 is 0 Å². The van der Waals surface area contributed by atoms with Crippen LogP contribution in [0.1, 0.15) is 30.5 Å². The Morgan fingerprint density at radius 2 is 1.67 bits per heavy atom. The van der Waals surface area contributed by atoms with Crippen LogP contribution in [0.4, 0.5) is 0 Å². The fraction of sp³-hybridized carbons (Fsp3) is 0.571. The van der Waals surface area contributed by atoms with Crippen molar-refractivity contribution in [2.75, 3.05) is 13.1 Å². The maximum atomic E-state index is 3.47. The van der Waals surface area contributed by atoms with Crippen LogP contribution in [0, 0.1) is 19.8 Å². The minimum atomic E-state index is 0.740. The molecule has 1 aromatic carbocycles. The molecule has 1 rings (SSSR count). The third-order valence-electron chi connectivity index (χ3n) is 2.42. The van der Waals surface area contributed by atoms with E-state index in [4.69, 9.17) is 0 Å². The van der Waals surface area contributed by atoms with E-state index in [-0.39, 0.29) is 0 Å². The van der Waals surface area contributed by atoms with Gasteiger partial charge in [0.2, 0.25) is 0 Å². The summed E-state index contributed by atoms with van der Waals surface area (Å²) in [5.74, 6) is 0.740. The average molecular weight is 205 g/mol. The van der Waals surface area contributed by atoms with Crippen LogP contribution in [0.5, 0.6) is 0 Å². The topological polar surface area (TPSA) is 12.0 Å². The van der Waals surface area contributed by atoms with Gasteiger partial charge in [-0.1, -0.05) is 43.2 Å². The minimum Gasteiger partial charge on any atom is -0.316 e. The molecule has 0 spiro atoms. The van der Waals surface area contributed by atoms with Crippen molar-refractivity contribution in [3.05, 3.63) is 34.9 Å². The van der Waals surface area contributed by atoms with Gasteiger partial charge in [-0.2, -0.15) is 0 Å². The number of hydrogen-bond donors (Lipinski definition) is 1. The van der Waals surface area contributed by atoms with Gasteiger partial charge in [-0.05, 0) is 44.8 Å². The highest BCUT2D eigenvalue weighted by atomic mass is 14.8. The molecule has 15 heavy (non-hydrogen) atoms. The van der Waals surface area contributed by atoms with Gasteiger partial charge in [0.15, 0.2) is 0 Å². The first kappa shape index (κ1) is 12.3. The van der Waals surface area contributed by atoms with Crippen molar-refractivity contribution in [2.24, 2.45) is 5.92 Å². The Morgan fingerprint density at radius 1 is 1.07 bits per heavy atom. The van der Waals surface area contributed by atoms with Crippen LogP contribution in [0.25, 0.3) is 0 Å².